The van der Waals surface area contributed by atoms with Gasteiger partial charge in [-0.25, -0.2) is 0 Å². The van der Waals surface area contributed by atoms with Gasteiger partial charge in [-0.15, -0.1) is 0 Å². The van der Waals surface area contributed by atoms with Gasteiger partial charge in [0.2, 0.25) is 0 Å². The molecule has 1 aliphatic rings. The van der Waals surface area contributed by atoms with Crippen LogP contribution in [0.4, 0.5) is 0 Å². The molecule has 2 N–H and O–H groups in total. The average molecular weight is 251 g/mol. The molecule has 1 aromatic carbocycles. The summed E-state index contributed by atoms with van der Waals surface area (Å²) in [5.74, 6) is 1.58. The molecule has 100 valence electrons. The zero-order valence-electron chi connectivity index (χ0n) is 11.0. The van der Waals surface area contributed by atoms with Crippen molar-refractivity contribution < 1.29 is 14.6 Å². The number of hydrogen-bond donors (Lipinski definition) is 2. The van der Waals surface area contributed by atoms with Crippen LogP contribution in [0, 0.1) is 0 Å². The number of methoxy groups -OCH3 is 1. The second-order valence-corrected chi connectivity index (χ2v) is 4.58. The Labute approximate surface area is 108 Å². The Morgan fingerprint density at radius 3 is 2.78 bits per heavy atom. The lowest BCUT2D eigenvalue weighted by Crippen LogP contribution is -2.43. The summed E-state index contributed by atoms with van der Waals surface area (Å²) in [5, 5.41) is 12.7. The second-order valence-electron chi connectivity index (χ2n) is 4.58. The van der Waals surface area contributed by atoms with Crippen LogP contribution in [0.3, 0.4) is 0 Å². The quantitative estimate of drug-likeness (QED) is 0.808. The van der Waals surface area contributed by atoms with Gasteiger partial charge in [0, 0.05) is 18.2 Å². The lowest BCUT2D eigenvalue weighted by molar-refractivity contribution is 0.0618. The molecular formula is C14H21NO3. The third-order valence-electron chi connectivity index (χ3n) is 3.26. The first-order chi connectivity index (χ1) is 8.74. The number of ether oxygens (including phenoxy) is 2. The van der Waals surface area contributed by atoms with Crippen LogP contribution in [0.5, 0.6) is 11.5 Å². The first-order valence-corrected chi connectivity index (χ1v) is 6.44. The summed E-state index contributed by atoms with van der Waals surface area (Å²) in [5.41, 5.74) is 1.09. The smallest absolute Gasteiger partial charge is 0.165 e. The molecule has 0 heterocycles. The summed E-state index contributed by atoms with van der Waals surface area (Å²) in [6, 6.07) is 6.34. The minimum Gasteiger partial charge on any atom is -0.493 e. The Bertz CT molecular complexity index is 389. The zero-order valence-corrected chi connectivity index (χ0v) is 11.0. The molecule has 1 saturated carbocycles. The molecule has 0 atom stereocenters. The van der Waals surface area contributed by atoms with Gasteiger partial charge in [-0.3, -0.25) is 0 Å². The normalized spacial score (nSPS) is 22.4. The Hall–Kier alpha value is -1.26. The lowest BCUT2D eigenvalue weighted by Gasteiger charge is -2.32. The molecule has 18 heavy (non-hydrogen) atoms. The summed E-state index contributed by atoms with van der Waals surface area (Å²) in [4.78, 5) is 0. The van der Waals surface area contributed by atoms with Crippen LogP contribution in [0.25, 0.3) is 0 Å². The van der Waals surface area contributed by atoms with Crippen LogP contribution in [0.15, 0.2) is 18.2 Å². The minimum atomic E-state index is -0.126. The van der Waals surface area contributed by atoms with E-state index in [1.807, 2.05) is 25.1 Å². The molecule has 1 fully saturated rings. The maximum absolute atomic E-state index is 9.25. The number of para-hydroxylation sites is 1. The van der Waals surface area contributed by atoms with Crippen molar-refractivity contribution in [3.8, 4) is 11.5 Å². The highest BCUT2D eigenvalue weighted by Gasteiger charge is 2.26. The number of rotatable bonds is 6. The Morgan fingerprint density at radius 1 is 1.39 bits per heavy atom. The number of aliphatic hydroxyl groups excluding tert-OH is 1. The van der Waals surface area contributed by atoms with E-state index in [1.54, 1.807) is 7.11 Å². The molecule has 2 rings (SSSR count). The maximum atomic E-state index is 9.25. The van der Waals surface area contributed by atoms with Gasteiger partial charge in [0.05, 0.1) is 19.8 Å². The van der Waals surface area contributed by atoms with Crippen LogP contribution >= 0.6 is 0 Å². The van der Waals surface area contributed by atoms with E-state index in [0.717, 1.165) is 36.4 Å². The highest BCUT2D eigenvalue weighted by molar-refractivity contribution is 5.46. The second kappa shape index (κ2) is 6.07. The molecule has 4 nitrogen and oxygen atoms in total. The maximum Gasteiger partial charge on any atom is 0.165 e. The molecule has 0 spiro atoms. The molecule has 0 unspecified atom stereocenters. The largest absolute Gasteiger partial charge is 0.493 e. The van der Waals surface area contributed by atoms with Crippen molar-refractivity contribution in [1.82, 2.24) is 5.32 Å². The summed E-state index contributed by atoms with van der Waals surface area (Å²) in [7, 11) is 1.66. The van der Waals surface area contributed by atoms with Crippen LogP contribution in [0.2, 0.25) is 0 Å². The number of nitrogens with one attached hydrogen (secondary N) is 1. The van der Waals surface area contributed by atoms with Crippen molar-refractivity contribution in [2.24, 2.45) is 0 Å². The van der Waals surface area contributed by atoms with Crippen molar-refractivity contribution in [1.29, 1.82) is 0 Å². The zero-order chi connectivity index (χ0) is 13.0. The summed E-state index contributed by atoms with van der Waals surface area (Å²) >= 11 is 0. The Morgan fingerprint density at radius 2 is 2.17 bits per heavy atom. The van der Waals surface area contributed by atoms with Gasteiger partial charge >= 0.3 is 0 Å². The SMILES string of the molecule is CCOc1cccc(CNC2CC(O)C2)c1OC. The molecule has 0 aromatic heterocycles. The molecule has 1 aliphatic carbocycles. The van der Waals surface area contributed by atoms with Gasteiger partial charge in [-0.05, 0) is 25.8 Å². The summed E-state index contributed by atoms with van der Waals surface area (Å²) in [6.45, 7) is 3.32. The summed E-state index contributed by atoms with van der Waals surface area (Å²) < 4.78 is 11.0. The van der Waals surface area contributed by atoms with Gasteiger partial charge in [-0.2, -0.15) is 0 Å². The van der Waals surface area contributed by atoms with E-state index in [1.165, 1.54) is 0 Å². The lowest BCUT2D eigenvalue weighted by atomic mass is 9.89. The molecule has 0 aliphatic heterocycles. The molecule has 0 saturated heterocycles. The van der Waals surface area contributed by atoms with E-state index >= 15 is 0 Å². The van der Waals surface area contributed by atoms with Crippen molar-refractivity contribution in [3.63, 3.8) is 0 Å². The third kappa shape index (κ3) is 2.94. The Balaban J connectivity index is 2.00. The highest BCUT2D eigenvalue weighted by Crippen LogP contribution is 2.31. The average Bonchev–Trinajstić information content (AvgIpc) is 2.34. The van der Waals surface area contributed by atoms with Crippen LogP contribution in [-0.4, -0.2) is 31.0 Å². The van der Waals surface area contributed by atoms with Crippen molar-refractivity contribution in [2.45, 2.75) is 38.5 Å². The van der Waals surface area contributed by atoms with Crippen molar-refractivity contribution in [3.05, 3.63) is 23.8 Å². The predicted octanol–water partition coefficient (Wildman–Crippen LogP) is 1.71. The van der Waals surface area contributed by atoms with Gasteiger partial charge < -0.3 is 19.9 Å². The minimum absolute atomic E-state index is 0.126. The van der Waals surface area contributed by atoms with E-state index in [0.29, 0.717) is 12.6 Å². The Kier molecular flexibility index (Phi) is 4.44. The number of aliphatic hydroxyl groups is 1. The van der Waals surface area contributed by atoms with Crippen molar-refractivity contribution in [2.75, 3.05) is 13.7 Å². The topological polar surface area (TPSA) is 50.7 Å². The monoisotopic (exact) mass is 251 g/mol. The number of hydrogen-bond acceptors (Lipinski definition) is 4. The predicted molar refractivity (Wildman–Crippen MR) is 70.0 cm³/mol. The molecular weight excluding hydrogens is 230 g/mol. The molecule has 0 amide bonds. The molecule has 0 bridgehead atoms. The van der Waals surface area contributed by atoms with E-state index < -0.39 is 0 Å². The third-order valence-corrected chi connectivity index (χ3v) is 3.26. The molecule has 4 heteroatoms. The van der Waals surface area contributed by atoms with Crippen molar-refractivity contribution >= 4 is 0 Å². The van der Waals surface area contributed by atoms with Gasteiger partial charge in [0.15, 0.2) is 11.5 Å². The first-order valence-electron chi connectivity index (χ1n) is 6.44. The summed E-state index contributed by atoms with van der Waals surface area (Å²) in [6.07, 6.45) is 1.56. The van der Waals surface area contributed by atoms with Crippen LogP contribution < -0.4 is 14.8 Å². The molecule has 1 aromatic rings. The van der Waals surface area contributed by atoms with E-state index in [4.69, 9.17) is 9.47 Å². The van der Waals surface area contributed by atoms with Gasteiger partial charge in [0.1, 0.15) is 0 Å². The van der Waals surface area contributed by atoms with E-state index in [-0.39, 0.29) is 6.10 Å². The van der Waals surface area contributed by atoms with Gasteiger partial charge in [-0.1, -0.05) is 12.1 Å². The fraction of sp³-hybridized carbons (Fsp3) is 0.571. The van der Waals surface area contributed by atoms with Crippen LogP contribution in [0.1, 0.15) is 25.3 Å². The number of benzene rings is 1. The van der Waals surface area contributed by atoms with E-state index in [2.05, 4.69) is 5.32 Å². The van der Waals surface area contributed by atoms with Crippen LogP contribution in [-0.2, 0) is 6.54 Å². The molecule has 0 radical (unpaired) electrons. The fourth-order valence-electron chi connectivity index (χ4n) is 2.21. The first kappa shape index (κ1) is 13.2. The standard InChI is InChI=1S/C14H21NO3/c1-3-18-13-6-4-5-10(14(13)17-2)9-15-11-7-12(16)8-11/h4-6,11-12,15-16H,3,7-9H2,1-2H3. The fourth-order valence-corrected chi connectivity index (χ4v) is 2.21. The van der Waals surface area contributed by atoms with E-state index in [9.17, 15) is 5.11 Å². The van der Waals surface area contributed by atoms with Gasteiger partial charge in [0.25, 0.3) is 0 Å². The highest BCUT2D eigenvalue weighted by atomic mass is 16.5.